The predicted molar refractivity (Wildman–Crippen MR) is 73.4 cm³/mol. The Morgan fingerprint density at radius 3 is 3.00 bits per heavy atom. The number of halogens is 1. The number of rotatable bonds is 2. The van der Waals surface area contributed by atoms with Crippen LogP contribution in [0, 0.1) is 0 Å². The van der Waals surface area contributed by atoms with Gasteiger partial charge in [0, 0.05) is 6.54 Å². The normalized spacial score (nSPS) is 19.9. The lowest BCUT2D eigenvalue weighted by Crippen LogP contribution is -2.37. The number of para-hydroxylation sites is 1. The van der Waals surface area contributed by atoms with Crippen LogP contribution < -0.4 is 10.1 Å². The highest BCUT2D eigenvalue weighted by molar-refractivity contribution is 7.20. The van der Waals surface area contributed by atoms with Crippen LogP contribution in [0.15, 0.2) is 24.3 Å². The smallest absolute Gasteiger partial charge is 0.274 e. The average Bonchev–Trinajstić information content (AvgIpc) is 2.72. The summed E-state index contributed by atoms with van der Waals surface area (Å²) < 4.78 is 7.08. The molecule has 3 rings (SSSR count). The fourth-order valence-corrected chi connectivity index (χ4v) is 2.85. The van der Waals surface area contributed by atoms with Crippen LogP contribution in [-0.4, -0.2) is 24.2 Å². The minimum Gasteiger partial charge on any atom is -0.465 e. The molecule has 1 unspecified atom stereocenters. The number of aromatic nitrogens is 1. The van der Waals surface area contributed by atoms with Crippen LogP contribution in [0.5, 0.6) is 5.19 Å². The van der Waals surface area contributed by atoms with E-state index < -0.39 is 0 Å². The van der Waals surface area contributed by atoms with E-state index in [2.05, 4.69) is 16.4 Å². The first-order valence-corrected chi connectivity index (χ1v) is 6.46. The molecule has 3 nitrogen and oxygen atoms in total. The van der Waals surface area contributed by atoms with Crippen LogP contribution in [0.3, 0.4) is 0 Å². The van der Waals surface area contributed by atoms with Crippen molar-refractivity contribution in [2.75, 3.05) is 13.1 Å². The summed E-state index contributed by atoms with van der Waals surface area (Å²) in [7, 11) is 0. The van der Waals surface area contributed by atoms with Crippen molar-refractivity contribution in [3.8, 4) is 5.19 Å². The van der Waals surface area contributed by atoms with Crippen molar-refractivity contribution in [1.82, 2.24) is 10.3 Å². The molecule has 1 aromatic carbocycles. The summed E-state index contributed by atoms with van der Waals surface area (Å²) in [5, 5.41) is 4.14. The fourth-order valence-electron chi connectivity index (χ4n) is 1.96. The van der Waals surface area contributed by atoms with E-state index in [9.17, 15) is 0 Å². The van der Waals surface area contributed by atoms with Gasteiger partial charge < -0.3 is 10.1 Å². The van der Waals surface area contributed by atoms with E-state index in [-0.39, 0.29) is 18.5 Å². The third kappa shape index (κ3) is 2.89. The summed E-state index contributed by atoms with van der Waals surface area (Å²) in [5.74, 6) is 0. The van der Waals surface area contributed by atoms with Crippen LogP contribution >= 0.6 is 23.7 Å². The van der Waals surface area contributed by atoms with Crippen molar-refractivity contribution in [3.05, 3.63) is 24.3 Å². The van der Waals surface area contributed by atoms with Crippen LogP contribution in [0.2, 0.25) is 0 Å². The first kappa shape index (κ1) is 12.6. The van der Waals surface area contributed by atoms with Gasteiger partial charge >= 0.3 is 0 Å². The van der Waals surface area contributed by atoms with Crippen molar-refractivity contribution in [3.63, 3.8) is 0 Å². The van der Waals surface area contributed by atoms with E-state index in [0.717, 1.165) is 30.2 Å². The fraction of sp³-hybridized carbons (Fsp3) is 0.417. The SMILES string of the molecule is Cl.c1ccc2sc(OC3CCCNC3)nc2c1. The molecule has 1 fully saturated rings. The van der Waals surface area contributed by atoms with Gasteiger partial charge in [0.05, 0.1) is 10.2 Å². The van der Waals surface area contributed by atoms with E-state index >= 15 is 0 Å². The second kappa shape index (κ2) is 5.67. The van der Waals surface area contributed by atoms with E-state index in [1.54, 1.807) is 11.3 Å². The Morgan fingerprint density at radius 2 is 2.24 bits per heavy atom. The minimum atomic E-state index is 0. The molecule has 2 heterocycles. The zero-order valence-corrected chi connectivity index (χ0v) is 11.0. The maximum atomic E-state index is 5.89. The van der Waals surface area contributed by atoms with Gasteiger partial charge in [-0.3, -0.25) is 0 Å². The summed E-state index contributed by atoms with van der Waals surface area (Å²) in [6, 6.07) is 8.15. The first-order valence-electron chi connectivity index (χ1n) is 5.65. The lowest BCUT2D eigenvalue weighted by molar-refractivity contribution is 0.167. The minimum absolute atomic E-state index is 0. The number of nitrogens with one attached hydrogen (secondary N) is 1. The second-order valence-corrected chi connectivity index (χ2v) is 5.03. The van der Waals surface area contributed by atoms with Gasteiger partial charge in [-0.15, -0.1) is 12.4 Å². The molecule has 1 aliphatic rings. The van der Waals surface area contributed by atoms with Gasteiger partial charge in [-0.25, -0.2) is 4.98 Å². The molecule has 1 aliphatic heterocycles. The van der Waals surface area contributed by atoms with Crippen LogP contribution in [0.4, 0.5) is 0 Å². The van der Waals surface area contributed by atoms with E-state index in [1.807, 2.05) is 18.2 Å². The largest absolute Gasteiger partial charge is 0.465 e. The molecule has 0 spiro atoms. The van der Waals surface area contributed by atoms with Gasteiger partial charge in [-0.2, -0.15) is 0 Å². The Kier molecular flexibility index (Phi) is 4.20. The molecule has 1 N–H and O–H groups in total. The zero-order valence-electron chi connectivity index (χ0n) is 9.39. The Balaban J connectivity index is 0.00000108. The van der Waals surface area contributed by atoms with Gasteiger partial charge in [-0.05, 0) is 31.5 Å². The lowest BCUT2D eigenvalue weighted by atomic mass is 10.1. The topological polar surface area (TPSA) is 34.1 Å². The third-order valence-electron chi connectivity index (χ3n) is 2.79. The highest BCUT2D eigenvalue weighted by Gasteiger charge is 2.16. The first-order chi connectivity index (χ1) is 7.92. The number of ether oxygens (including phenoxy) is 1. The van der Waals surface area contributed by atoms with Crippen LogP contribution in [0.1, 0.15) is 12.8 Å². The maximum Gasteiger partial charge on any atom is 0.274 e. The number of benzene rings is 1. The molecule has 1 aromatic heterocycles. The number of fused-ring (bicyclic) bond motifs is 1. The van der Waals surface area contributed by atoms with Crippen molar-refractivity contribution in [2.45, 2.75) is 18.9 Å². The average molecular weight is 271 g/mol. The Labute approximate surface area is 111 Å². The van der Waals surface area contributed by atoms with Crippen LogP contribution in [-0.2, 0) is 0 Å². The van der Waals surface area contributed by atoms with E-state index in [1.165, 1.54) is 11.1 Å². The molecule has 17 heavy (non-hydrogen) atoms. The summed E-state index contributed by atoms with van der Waals surface area (Å²) >= 11 is 1.63. The number of thiazole rings is 1. The summed E-state index contributed by atoms with van der Waals surface area (Å²) in [6.45, 7) is 2.05. The van der Waals surface area contributed by atoms with Gasteiger partial charge in [0.25, 0.3) is 5.19 Å². The highest BCUT2D eigenvalue weighted by Crippen LogP contribution is 2.28. The Hall–Kier alpha value is -0.840. The lowest BCUT2D eigenvalue weighted by Gasteiger charge is -2.22. The molecule has 1 atom stereocenters. The number of piperidine rings is 1. The molecular formula is C12H15ClN2OS. The number of nitrogens with zero attached hydrogens (tertiary/aromatic N) is 1. The van der Waals surface area contributed by atoms with Gasteiger partial charge in [-0.1, -0.05) is 23.5 Å². The third-order valence-corrected chi connectivity index (χ3v) is 3.72. The molecule has 0 amide bonds. The van der Waals surface area contributed by atoms with E-state index in [4.69, 9.17) is 4.74 Å². The molecule has 1 saturated heterocycles. The van der Waals surface area contributed by atoms with E-state index in [0.29, 0.717) is 0 Å². The van der Waals surface area contributed by atoms with Crippen molar-refractivity contribution >= 4 is 34.0 Å². The molecule has 0 saturated carbocycles. The highest BCUT2D eigenvalue weighted by atomic mass is 35.5. The molecule has 5 heteroatoms. The van der Waals surface area contributed by atoms with Crippen molar-refractivity contribution in [1.29, 1.82) is 0 Å². The molecule has 92 valence electrons. The second-order valence-electron chi connectivity index (χ2n) is 4.03. The van der Waals surface area contributed by atoms with Gasteiger partial charge in [0.15, 0.2) is 0 Å². The summed E-state index contributed by atoms with van der Waals surface area (Å²) in [6.07, 6.45) is 2.60. The maximum absolute atomic E-state index is 5.89. The quantitative estimate of drug-likeness (QED) is 0.911. The standard InChI is InChI=1S/C12H14N2OS.ClH/c1-2-6-11-10(5-1)14-12(16-11)15-9-4-3-7-13-8-9;/h1-2,5-6,9,13H,3-4,7-8H2;1H. The van der Waals surface area contributed by atoms with Crippen molar-refractivity contribution in [2.24, 2.45) is 0 Å². The van der Waals surface area contributed by atoms with Crippen molar-refractivity contribution < 1.29 is 4.74 Å². The number of hydrogen-bond donors (Lipinski definition) is 1. The van der Waals surface area contributed by atoms with Crippen LogP contribution in [0.25, 0.3) is 10.2 Å². The van der Waals surface area contributed by atoms with Gasteiger partial charge in [0.2, 0.25) is 0 Å². The van der Waals surface area contributed by atoms with Gasteiger partial charge in [0.1, 0.15) is 6.10 Å². The summed E-state index contributed by atoms with van der Waals surface area (Å²) in [4.78, 5) is 4.48. The monoisotopic (exact) mass is 270 g/mol. The molecule has 2 aromatic rings. The zero-order chi connectivity index (χ0) is 10.8. The number of hydrogen-bond acceptors (Lipinski definition) is 4. The summed E-state index contributed by atoms with van der Waals surface area (Å²) in [5.41, 5.74) is 1.03. The Bertz CT molecular complexity index is 449. The predicted octanol–water partition coefficient (Wildman–Crippen LogP) is 2.85. The molecule has 0 bridgehead atoms. The molecular weight excluding hydrogens is 256 g/mol. The molecule has 0 aliphatic carbocycles. The molecule has 0 radical (unpaired) electrons. The Morgan fingerprint density at radius 1 is 1.35 bits per heavy atom.